The van der Waals surface area contributed by atoms with Crippen LogP contribution in [0.3, 0.4) is 0 Å². The van der Waals surface area contributed by atoms with Crippen LogP contribution in [0.2, 0.25) is 0 Å². The van der Waals surface area contributed by atoms with Crippen molar-refractivity contribution < 1.29 is 9.63 Å². The Morgan fingerprint density at radius 2 is 1.81 bits per heavy atom. The van der Waals surface area contributed by atoms with E-state index in [0.29, 0.717) is 19.4 Å². The highest BCUT2D eigenvalue weighted by molar-refractivity contribution is 5.86. The Morgan fingerprint density at radius 3 is 2.63 bits per heavy atom. The van der Waals surface area contributed by atoms with Crippen molar-refractivity contribution in [1.29, 1.82) is 0 Å². The number of H-pyrrole nitrogens is 1. The second kappa shape index (κ2) is 7.26. The molecule has 2 heterocycles. The average molecular weight is 362 g/mol. The van der Waals surface area contributed by atoms with Crippen molar-refractivity contribution in [2.24, 2.45) is 11.5 Å². The molecule has 0 saturated carbocycles. The zero-order valence-corrected chi connectivity index (χ0v) is 14.9. The number of rotatable bonds is 6. The summed E-state index contributed by atoms with van der Waals surface area (Å²) in [7, 11) is 0. The molecule has 0 unspecified atom stereocenters. The van der Waals surface area contributed by atoms with Crippen molar-refractivity contribution >= 4 is 27.8 Å². The maximum Gasteiger partial charge on any atom is 0.349 e. The normalized spacial score (nSPS) is 12.5. The lowest BCUT2D eigenvalue weighted by atomic mass is 10.1. The first-order chi connectivity index (χ1) is 13.2. The van der Waals surface area contributed by atoms with Crippen LogP contribution >= 0.6 is 0 Å². The Hall–Kier alpha value is -3.09. The van der Waals surface area contributed by atoms with E-state index in [2.05, 4.69) is 4.98 Å². The molecule has 2 aromatic heterocycles. The molecular formula is C21H22N4O2. The van der Waals surface area contributed by atoms with Gasteiger partial charge >= 0.3 is 5.97 Å². The van der Waals surface area contributed by atoms with Gasteiger partial charge in [-0.1, -0.05) is 36.4 Å². The highest BCUT2D eigenvalue weighted by Crippen LogP contribution is 2.21. The van der Waals surface area contributed by atoms with Crippen LogP contribution in [0.1, 0.15) is 11.1 Å². The van der Waals surface area contributed by atoms with Gasteiger partial charge in [0.15, 0.2) is 0 Å². The number of carbonyl (C=O) groups excluding carboxylic acids is 1. The maximum atomic E-state index is 12.6. The highest BCUT2D eigenvalue weighted by Gasteiger charge is 2.20. The fourth-order valence-electron chi connectivity index (χ4n) is 3.43. The van der Waals surface area contributed by atoms with Crippen molar-refractivity contribution in [3.05, 3.63) is 72.1 Å². The number of nitrogens with zero attached hydrogens (tertiary/aromatic N) is 1. The standard InChI is InChI=1S/C21H22N4O2/c22-10-9-14-13-25(20-8-4-2-6-17(14)20)27-21(26)18(23)11-15-12-24-19-7-3-1-5-16(15)19/h1-8,12-13,18,24H,9-11,22-23H2/t18-/m0/s1. The Kier molecular flexibility index (Phi) is 4.66. The summed E-state index contributed by atoms with van der Waals surface area (Å²) in [6, 6.07) is 14.9. The molecule has 0 spiro atoms. The Bertz CT molecular complexity index is 1100. The summed E-state index contributed by atoms with van der Waals surface area (Å²) in [4.78, 5) is 21.4. The first-order valence-electron chi connectivity index (χ1n) is 8.99. The molecule has 138 valence electrons. The van der Waals surface area contributed by atoms with Gasteiger partial charge in [-0.3, -0.25) is 0 Å². The summed E-state index contributed by atoms with van der Waals surface area (Å²) < 4.78 is 1.50. The number of nitrogens with one attached hydrogen (secondary N) is 1. The quantitative estimate of drug-likeness (QED) is 0.489. The molecule has 0 bridgehead atoms. The van der Waals surface area contributed by atoms with Crippen molar-refractivity contribution in [2.75, 3.05) is 6.54 Å². The molecule has 6 heteroatoms. The molecule has 4 rings (SSSR count). The second-order valence-corrected chi connectivity index (χ2v) is 6.62. The molecule has 4 aromatic rings. The SMILES string of the molecule is NCCc1cn(OC(=O)[C@@H](N)Cc2c[nH]c3ccccc23)c2ccccc12. The first-order valence-corrected chi connectivity index (χ1v) is 8.99. The predicted molar refractivity (Wildman–Crippen MR) is 106 cm³/mol. The number of aromatic amines is 1. The third-order valence-electron chi connectivity index (χ3n) is 4.78. The Morgan fingerprint density at radius 1 is 1.07 bits per heavy atom. The molecule has 0 amide bonds. The number of nitrogens with two attached hydrogens (primary N) is 2. The predicted octanol–water partition coefficient (Wildman–Crippen LogP) is 2.15. The van der Waals surface area contributed by atoms with Crippen molar-refractivity contribution in [3.8, 4) is 0 Å². The van der Waals surface area contributed by atoms with Gasteiger partial charge < -0.3 is 21.3 Å². The molecule has 0 aliphatic rings. The topological polar surface area (TPSA) is 99.1 Å². The second-order valence-electron chi connectivity index (χ2n) is 6.62. The highest BCUT2D eigenvalue weighted by atomic mass is 16.7. The smallest absolute Gasteiger partial charge is 0.349 e. The molecule has 2 aromatic carbocycles. The molecule has 0 fully saturated rings. The van der Waals surface area contributed by atoms with Crippen LogP contribution in [0.15, 0.2) is 60.9 Å². The van der Waals surface area contributed by atoms with Crippen LogP contribution in [0.5, 0.6) is 0 Å². The van der Waals surface area contributed by atoms with E-state index in [-0.39, 0.29) is 0 Å². The van der Waals surface area contributed by atoms with Gasteiger partial charge in [0.05, 0.1) is 5.52 Å². The summed E-state index contributed by atoms with van der Waals surface area (Å²) in [6.07, 6.45) is 4.82. The summed E-state index contributed by atoms with van der Waals surface area (Å²) in [6.45, 7) is 0.530. The van der Waals surface area contributed by atoms with Crippen molar-refractivity contribution in [3.63, 3.8) is 0 Å². The van der Waals surface area contributed by atoms with Gasteiger partial charge in [-0.05, 0) is 36.2 Å². The van der Waals surface area contributed by atoms with Crippen LogP contribution < -0.4 is 16.3 Å². The van der Waals surface area contributed by atoms with E-state index in [9.17, 15) is 4.79 Å². The first kappa shape index (κ1) is 17.3. The zero-order valence-electron chi connectivity index (χ0n) is 14.9. The lowest BCUT2D eigenvalue weighted by molar-refractivity contribution is -0.145. The minimum atomic E-state index is -0.761. The van der Waals surface area contributed by atoms with E-state index < -0.39 is 12.0 Å². The Labute approximate surface area is 156 Å². The fourth-order valence-corrected chi connectivity index (χ4v) is 3.43. The van der Waals surface area contributed by atoms with Crippen LogP contribution in [0.4, 0.5) is 0 Å². The largest absolute Gasteiger partial charge is 0.361 e. The van der Waals surface area contributed by atoms with Gasteiger partial charge in [0, 0.05) is 35.1 Å². The third-order valence-corrected chi connectivity index (χ3v) is 4.78. The zero-order chi connectivity index (χ0) is 18.8. The molecule has 0 aliphatic heterocycles. The van der Waals surface area contributed by atoms with E-state index in [1.807, 2.05) is 60.9 Å². The molecule has 6 nitrogen and oxygen atoms in total. The lowest BCUT2D eigenvalue weighted by Crippen LogP contribution is -2.39. The monoisotopic (exact) mass is 362 g/mol. The van der Waals surface area contributed by atoms with Gasteiger partial charge in [0.25, 0.3) is 0 Å². The molecule has 5 N–H and O–H groups in total. The third kappa shape index (κ3) is 3.32. The van der Waals surface area contributed by atoms with Gasteiger partial charge in [0.1, 0.15) is 6.04 Å². The summed E-state index contributed by atoms with van der Waals surface area (Å²) >= 11 is 0. The van der Waals surface area contributed by atoms with Gasteiger partial charge in [0.2, 0.25) is 0 Å². The number of aromatic nitrogens is 2. The number of benzene rings is 2. The van der Waals surface area contributed by atoms with Crippen LogP contribution in [-0.4, -0.2) is 28.3 Å². The number of fused-ring (bicyclic) bond motifs is 2. The average Bonchev–Trinajstić information content (AvgIpc) is 3.24. The van der Waals surface area contributed by atoms with Crippen molar-refractivity contribution in [2.45, 2.75) is 18.9 Å². The fraction of sp³-hybridized carbons (Fsp3) is 0.190. The molecule has 0 saturated heterocycles. The lowest BCUT2D eigenvalue weighted by Gasteiger charge is -2.12. The molecule has 0 aliphatic carbocycles. The summed E-state index contributed by atoms with van der Waals surface area (Å²) in [5, 5.41) is 2.10. The molecular weight excluding hydrogens is 340 g/mol. The van der Waals surface area contributed by atoms with E-state index in [4.69, 9.17) is 16.3 Å². The minimum Gasteiger partial charge on any atom is -0.361 e. The summed E-state index contributed by atoms with van der Waals surface area (Å²) in [5.41, 5.74) is 15.7. The van der Waals surface area contributed by atoms with Crippen LogP contribution in [0.25, 0.3) is 21.8 Å². The van der Waals surface area contributed by atoms with Gasteiger partial charge in [-0.25, -0.2) is 4.79 Å². The Balaban J connectivity index is 1.54. The van der Waals surface area contributed by atoms with Crippen LogP contribution in [0, 0.1) is 0 Å². The molecule has 27 heavy (non-hydrogen) atoms. The van der Waals surface area contributed by atoms with E-state index in [1.165, 1.54) is 4.73 Å². The maximum absolute atomic E-state index is 12.6. The number of para-hydroxylation sites is 2. The van der Waals surface area contributed by atoms with E-state index in [0.717, 1.165) is 32.9 Å². The van der Waals surface area contributed by atoms with E-state index in [1.54, 1.807) is 0 Å². The van der Waals surface area contributed by atoms with Gasteiger partial charge in [-0.15, -0.1) is 0 Å². The molecule has 1 atom stereocenters. The number of hydrogen-bond donors (Lipinski definition) is 3. The number of hydrogen-bond acceptors (Lipinski definition) is 4. The van der Waals surface area contributed by atoms with Crippen molar-refractivity contribution in [1.82, 2.24) is 9.71 Å². The van der Waals surface area contributed by atoms with Crippen LogP contribution in [-0.2, 0) is 17.6 Å². The molecule has 0 radical (unpaired) electrons. The number of carbonyl (C=O) groups is 1. The summed E-state index contributed by atoms with van der Waals surface area (Å²) in [5.74, 6) is -0.472. The van der Waals surface area contributed by atoms with Gasteiger partial charge in [-0.2, -0.15) is 4.73 Å². The van der Waals surface area contributed by atoms with E-state index >= 15 is 0 Å². The minimum absolute atomic E-state index is 0.401.